The molecule has 0 aliphatic heterocycles. The van der Waals surface area contributed by atoms with E-state index >= 15 is 0 Å². The summed E-state index contributed by atoms with van der Waals surface area (Å²) in [5.41, 5.74) is 3.73. The largest absolute Gasteiger partial charge is 0.472 e. The molecule has 10 heteroatoms. The number of imidazole rings is 1. The van der Waals surface area contributed by atoms with Crippen molar-refractivity contribution < 1.29 is 22.4 Å². The number of nitrogens with zero attached hydrogens (tertiary/aromatic N) is 2. The van der Waals surface area contributed by atoms with Crippen molar-refractivity contribution in [3.8, 4) is 11.4 Å². The lowest BCUT2D eigenvalue weighted by molar-refractivity contribution is -0.131. The van der Waals surface area contributed by atoms with Gasteiger partial charge in [0.25, 0.3) is 5.91 Å². The number of benzene rings is 1. The van der Waals surface area contributed by atoms with Gasteiger partial charge in [-0.15, -0.1) is 0 Å². The predicted octanol–water partition coefficient (Wildman–Crippen LogP) is 4.55. The minimum atomic E-state index is -4.18. The van der Waals surface area contributed by atoms with Gasteiger partial charge in [-0.25, -0.2) is 9.97 Å². The third-order valence-electron chi connectivity index (χ3n) is 4.82. The first-order chi connectivity index (χ1) is 15.4. The highest BCUT2D eigenvalue weighted by Crippen LogP contribution is 2.22. The third-order valence-corrected chi connectivity index (χ3v) is 4.82. The van der Waals surface area contributed by atoms with E-state index in [9.17, 15) is 18.0 Å². The van der Waals surface area contributed by atoms with Crippen LogP contribution in [0.3, 0.4) is 0 Å². The van der Waals surface area contributed by atoms with Gasteiger partial charge in [0, 0.05) is 25.0 Å². The molecule has 4 rings (SSSR count). The van der Waals surface area contributed by atoms with Crippen LogP contribution in [0, 0.1) is 0 Å². The van der Waals surface area contributed by atoms with E-state index in [-0.39, 0.29) is 12.5 Å². The molecule has 0 atom stereocenters. The molecule has 3 N–H and O–H groups in total. The Kier molecular flexibility index (Phi) is 6.11. The number of alkyl halides is 3. The molecule has 1 aromatic carbocycles. The molecule has 0 bridgehead atoms. The Hall–Kier alpha value is -3.82. The number of pyridine rings is 1. The Morgan fingerprint density at radius 1 is 1.09 bits per heavy atom. The number of hydrogen-bond donors (Lipinski definition) is 3. The number of fused-ring (bicyclic) bond motifs is 1. The van der Waals surface area contributed by atoms with Crippen LogP contribution in [0.25, 0.3) is 22.6 Å². The topological polar surface area (TPSA) is 95.8 Å². The molecule has 32 heavy (non-hydrogen) atoms. The maximum Gasteiger partial charge on any atom is 0.390 e. The van der Waals surface area contributed by atoms with Gasteiger partial charge in [0.1, 0.15) is 12.1 Å². The van der Waals surface area contributed by atoms with Crippen molar-refractivity contribution in [2.45, 2.75) is 19.0 Å². The van der Waals surface area contributed by atoms with Crippen molar-refractivity contribution in [3.05, 3.63) is 66.2 Å². The lowest BCUT2D eigenvalue weighted by atomic mass is 10.1. The van der Waals surface area contributed by atoms with Crippen molar-refractivity contribution in [2.75, 3.05) is 18.4 Å². The molecule has 0 saturated carbocycles. The maximum absolute atomic E-state index is 12.7. The van der Waals surface area contributed by atoms with E-state index in [4.69, 9.17) is 4.42 Å². The monoisotopic (exact) mass is 443 g/mol. The summed E-state index contributed by atoms with van der Waals surface area (Å²) < 4.78 is 41.7. The minimum absolute atomic E-state index is 0.171. The number of hydrogen-bond acceptors (Lipinski definition) is 5. The summed E-state index contributed by atoms with van der Waals surface area (Å²) in [6.07, 6.45) is 0.128. The lowest BCUT2D eigenvalue weighted by Gasteiger charge is -2.10. The molecule has 1 amide bonds. The van der Waals surface area contributed by atoms with Crippen molar-refractivity contribution in [3.63, 3.8) is 0 Å². The molecule has 0 unspecified atom stereocenters. The van der Waals surface area contributed by atoms with Crippen LogP contribution in [-0.4, -0.2) is 40.1 Å². The second kappa shape index (κ2) is 9.13. The van der Waals surface area contributed by atoms with Gasteiger partial charge in [-0.1, -0.05) is 12.1 Å². The van der Waals surface area contributed by atoms with Gasteiger partial charge in [0.2, 0.25) is 0 Å². The zero-order chi connectivity index (χ0) is 22.6. The molecule has 3 aromatic heterocycles. The van der Waals surface area contributed by atoms with E-state index < -0.39 is 12.6 Å². The van der Waals surface area contributed by atoms with Gasteiger partial charge in [-0.2, -0.15) is 13.2 Å². The number of nitrogens with one attached hydrogen (secondary N) is 3. The average molecular weight is 443 g/mol. The van der Waals surface area contributed by atoms with Crippen molar-refractivity contribution in [1.82, 2.24) is 20.3 Å². The second-order valence-corrected chi connectivity index (χ2v) is 7.15. The Morgan fingerprint density at radius 2 is 1.91 bits per heavy atom. The van der Waals surface area contributed by atoms with E-state index in [2.05, 4.69) is 25.6 Å². The van der Waals surface area contributed by atoms with Gasteiger partial charge >= 0.3 is 6.18 Å². The molecule has 0 radical (unpaired) electrons. The zero-order valence-electron chi connectivity index (χ0n) is 16.9. The number of aromatic amines is 1. The van der Waals surface area contributed by atoms with E-state index in [1.54, 1.807) is 30.5 Å². The molecule has 7 nitrogen and oxygen atoms in total. The highest BCUT2D eigenvalue weighted by molar-refractivity contribution is 6.04. The molecule has 166 valence electrons. The smallest absolute Gasteiger partial charge is 0.390 e. The molecule has 0 aliphatic rings. The highest BCUT2D eigenvalue weighted by Gasteiger charge is 2.26. The number of H-pyrrole nitrogens is 1. The van der Waals surface area contributed by atoms with Crippen LogP contribution in [0.15, 0.2) is 59.5 Å². The van der Waals surface area contributed by atoms with E-state index in [0.29, 0.717) is 41.2 Å². The molecular formula is C22H20F3N5O2. The number of rotatable bonds is 8. The summed E-state index contributed by atoms with van der Waals surface area (Å²) in [5.74, 6) is 0.302. The van der Waals surface area contributed by atoms with Crippen LogP contribution in [0.4, 0.5) is 18.9 Å². The number of carbonyl (C=O) groups is 1. The summed E-state index contributed by atoms with van der Waals surface area (Å²) in [4.78, 5) is 24.4. The second-order valence-electron chi connectivity index (χ2n) is 7.15. The summed E-state index contributed by atoms with van der Waals surface area (Å²) in [6.45, 7) is 0.224. The molecule has 4 aromatic rings. The van der Waals surface area contributed by atoms with Gasteiger partial charge in [-0.3, -0.25) is 4.79 Å². The standard InChI is InChI=1S/C22H20F3N5O2/c23-22(24,25)8-11-26-16-3-1-14(2-4-16)5-9-28-21(31)17-6-10-27-20-18(17)29-19(30-20)15-7-12-32-13-15/h1-4,6-7,10,12-13,26H,5,8-9,11H2,(H,28,31)(H,27,29,30). The zero-order valence-corrected chi connectivity index (χ0v) is 16.9. The lowest BCUT2D eigenvalue weighted by Crippen LogP contribution is -2.26. The third kappa shape index (κ3) is 5.26. The summed E-state index contributed by atoms with van der Waals surface area (Å²) >= 11 is 0. The number of aromatic nitrogens is 3. The number of furan rings is 1. The van der Waals surface area contributed by atoms with Crippen LogP contribution < -0.4 is 10.6 Å². The Labute approximate surface area is 181 Å². The maximum atomic E-state index is 12.7. The average Bonchev–Trinajstić information content (AvgIpc) is 3.43. The van der Waals surface area contributed by atoms with Gasteiger partial charge in [0.05, 0.1) is 29.3 Å². The molecule has 3 heterocycles. The van der Waals surface area contributed by atoms with E-state index in [1.807, 2.05) is 12.1 Å². The van der Waals surface area contributed by atoms with Gasteiger partial charge in [0.15, 0.2) is 5.65 Å². The van der Waals surface area contributed by atoms with Crippen LogP contribution in [0.5, 0.6) is 0 Å². The Morgan fingerprint density at radius 3 is 2.62 bits per heavy atom. The number of carbonyl (C=O) groups excluding carboxylic acids is 1. The Balaban J connectivity index is 1.33. The van der Waals surface area contributed by atoms with Crippen LogP contribution in [0.2, 0.25) is 0 Å². The highest BCUT2D eigenvalue weighted by atomic mass is 19.4. The van der Waals surface area contributed by atoms with E-state index in [1.165, 1.54) is 12.5 Å². The first-order valence-corrected chi connectivity index (χ1v) is 9.94. The minimum Gasteiger partial charge on any atom is -0.472 e. The summed E-state index contributed by atoms with van der Waals surface area (Å²) in [5, 5.41) is 5.62. The van der Waals surface area contributed by atoms with Crippen molar-refractivity contribution >= 4 is 22.8 Å². The van der Waals surface area contributed by atoms with Crippen molar-refractivity contribution in [2.24, 2.45) is 0 Å². The van der Waals surface area contributed by atoms with Crippen LogP contribution in [0.1, 0.15) is 22.3 Å². The Bertz CT molecular complexity index is 1180. The molecule has 0 fully saturated rings. The van der Waals surface area contributed by atoms with Gasteiger partial charge in [-0.05, 0) is 36.2 Å². The van der Waals surface area contributed by atoms with E-state index in [0.717, 1.165) is 11.1 Å². The van der Waals surface area contributed by atoms with Crippen molar-refractivity contribution in [1.29, 1.82) is 0 Å². The van der Waals surface area contributed by atoms with Gasteiger partial charge < -0.3 is 20.0 Å². The summed E-state index contributed by atoms with van der Waals surface area (Å²) in [6, 6.07) is 10.5. The quantitative estimate of drug-likeness (QED) is 0.371. The first kappa shape index (κ1) is 21.4. The predicted molar refractivity (Wildman–Crippen MR) is 113 cm³/mol. The first-order valence-electron chi connectivity index (χ1n) is 9.94. The van der Waals surface area contributed by atoms with Crippen LogP contribution >= 0.6 is 0 Å². The SMILES string of the molecule is O=C(NCCc1ccc(NCCC(F)(F)F)cc1)c1ccnc2nc(-c3ccoc3)[nH]c12. The molecule has 0 aliphatic carbocycles. The summed E-state index contributed by atoms with van der Waals surface area (Å²) in [7, 11) is 0. The molecule has 0 saturated heterocycles. The number of amides is 1. The number of halogens is 3. The fourth-order valence-corrected chi connectivity index (χ4v) is 3.19. The number of anilines is 1. The fourth-order valence-electron chi connectivity index (χ4n) is 3.19. The normalized spacial score (nSPS) is 11.6. The van der Waals surface area contributed by atoms with Crippen LogP contribution in [-0.2, 0) is 6.42 Å². The fraction of sp³-hybridized carbons (Fsp3) is 0.227. The molecular weight excluding hydrogens is 423 g/mol. The molecule has 0 spiro atoms.